The average Bonchev–Trinajstić information content (AvgIpc) is 2.28. The van der Waals surface area contributed by atoms with E-state index >= 15 is 0 Å². The van der Waals surface area contributed by atoms with Gasteiger partial charge in [0, 0.05) is 15.0 Å². The Morgan fingerprint density at radius 2 is 1.89 bits per heavy atom. The van der Waals surface area contributed by atoms with Crippen molar-refractivity contribution < 1.29 is 0 Å². The van der Waals surface area contributed by atoms with Crippen LogP contribution in [0.15, 0.2) is 51.4 Å². The molecule has 0 aliphatic carbocycles. The lowest BCUT2D eigenvalue weighted by atomic mass is 9.99. The maximum atomic E-state index is 6.28. The molecule has 1 atom stereocenters. The highest BCUT2D eigenvalue weighted by Crippen LogP contribution is 2.27. The van der Waals surface area contributed by atoms with Crippen molar-refractivity contribution in [2.24, 2.45) is 5.73 Å². The molecule has 2 rings (SSSR count). The fraction of sp³-hybridized carbons (Fsp3) is 0.200. The molecule has 0 saturated carbocycles. The van der Waals surface area contributed by atoms with Crippen LogP contribution in [-0.4, -0.2) is 0 Å². The molecule has 0 saturated heterocycles. The number of hydrogen-bond donors (Lipinski definition) is 1. The quantitative estimate of drug-likeness (QED) is 0.830. The second-order valence-corrected chi connectivity index (χ2v) is 6.24. The van der Waals surface area contributed by atoms with Crippen molar-refractivity contribution in [1.29, 1.82) is 0 Å². The molecule has 3 heteroatoms. The Labute approximate surface area is 125 Å². The second-order valence-electron chi connectivity index (χ2n) is 4.47. The van der Waals surface area contributed by atoms with Crippen LogP contribution in [0.3, 0.4) is 0 Å². The molecule has 0 amide bonds. The monoisotopic (exact) mass is 367 g/mol. The van der Waals surface area contributed by atoms with E-state index in [1.807, 2.05) is 12.1 Å². The van der Waals surface area contributed by atoms with Crippen LogP contribution in [0.25, 0.3) is 0 Å². The van der Waals surface area contributed by atoms with Gasteiger partial charge < -0.3 is 5.73 Å². The zero-order valence-corrected chi connectivity index (χ0v) is 13.3. The van der Waals surface area contributed by atoms with Crippen LogP contribution < -0.4 is 5.73 Å². The van der Waals surface area contributed by atoms with Gasteiger partial charge in [-0.05, 0) is 36.6 Å². The molecule has 0 spiro atoms. The van der Waals surface area contributed by atoms with Gasteiger partial charge in [0.2, 0.25) is 0 Å². The maximum absolute atomic E-state index is 6.28. The van der Waals surface area contributed by atoms with Gasteiger partial charge in [-0.1, -0.05) is 67.8 Å². The van der Waals surface area contributed by atoms with Gasteiger partial charge in [-0.15, -0.1) is 0 Å². The zero-order valence-electron chi connectivity index (χ0n) is 10.2. The Kier molecular flexibility index (Phi) is 4.60. The predicted octanol–water partition coefficient (Wildman–Crippen LogP) is 4.76. The van der Waals surface area contributed by atoms with Crippen molar-refractivity contribution in [1.82, 2.24) is 0 Å². The van der Waals surface area contributed by atoms with E-state index in [4.69, 9.17) is 5.73 Å². The standard InChI is InChI=1S/C15H15Br2N/c1-10-3-2-4-11(7-10)8-15(18)13-6-5-12(16)9-14(13)17/h2-7,9,15H,8,18H2,1H3. The Balaban J connectivity index is 2.19. The van der Waals surface area contributed by atoms with Crippen LogP contribution in [0.1, 0.15) is 22.7 Å². The largest absolute Gasteiger partial charge is 0.324 e. The highest BCUT2D eigenvalue weighted by atomic mass is 79.9. The Morgan fingerprint density at radius 3 is 2.56 bits per heavy atom. The summed E-state index contributed by atoms with van der Waals surface area (Å²) in [6, 6.07) is 14.6. The van der Waals surface area contributed by atoms with Gasteiger partial charge in [0.1, 0.15) is 0 Å². The summed E-state index contributed by atoms with van der Waals surface area (Å²) in [6.07, 6.45) is 0.849. The van der Waals surface area contributed by atoms with Crippen LogP contribution in [0.4, 0.5) is 0 Å². The van der Waals surface area contributed by atoms with Crippen molar-refractivity contribution >= 4 is 31.9 Å². The third-order valence-electron chi connectivity index (χ3n) is 2.90. The van der Waals surface area contributed by atoms with Gasteiger partial charge in [0.15, 0.2) is 0 Å². The maximum Gasteiger partial charge on any atom is 0.0347 e. The van der Waals surface area contributed by atoms with E-state index in [9.17, 15) is 0 Å². The van der Waals surface area contributed by atoms with Crippen molar-refractivity contribution in [3.63, 3.8) is 0 Å². The van der Waals surface area contributed by atoms with Crippen LogP contribution in [-0.2, 0) is 6.42 Å². The number of hydrogen-bond acceptors (Lipinski definition) is 1. The molecule has 0 radical (unpaired) electrons. The summed E-state index contributed by atoms with van der Waals surface area (Å²) in [5, 5.41) is 0. The first-order valence-corrected chi connectivity index (χ1v) is 7.41. The number of rotatable bonds is 3. The fourth-order valence-electron chi connectivity index (χ4n) is 2.01. The summed E-state index contributed by atoms with van der Waals surface area (Å²) >= 11 is 7.02. The zero-order chi connectivity index (χ0) is 13.1. The smallest absolute Gasteiger partial charge is 0.0347 e. The van der Waals surface area contributed by atoms with Gasteiger partial charge in [-0.3, -0.25) is 0 Å². The fourth-order valence-corrected chi connectivity index (χ4v) is 3.35. The lowest BCUT2D eigenvalue weighted by molar-refractivity contribution is 0.718. The van der Waals surface area contributed by atoms with E-state index in [1.165, 1.54) is 11.1 Å². The number of nitrogens with two attached hydrogens (primary N) is 1. The SMILES string of the molecule is Cc1cccc(CC(N)c2ccc(Br)cc2Br)c1. The second kappa shape index (κ2) is 6.00. The minimum atomic E-state index is 0.00859. The lowest BCUT2D eigenvalue weighted by Crippen LogP contribution is -2.14. The number of aryl methyl sites for hydroxylation is 1. The highest BCUT2D eigenvalue weighted by molar-refractivity contribution is 9.11. The van der Waals surface area contributed by atoms with Crippen molar-refractivity contribution in [2.75, 3.05) is 0 Å². The Hall–Kier alpha value is -0.640. The highest BCUT2D eigenvalue weighted by Gasteiger charge is 2.11. The Morgan fingerprint density at radius 1 is 1.11 bits per heavy atom. The minimum absolute atomic E-state index is 0.00859. The predicted molar refractivity (Wildman–Crippen MR) is 83.7 cm³/mol. The first-order chi connectivity index (χ1) is 8.56. The third kappa shape index (κ3) is 3.44. The first-order valence-electron chi connectivity index (χ1n) is 5.82. The van der Waals surface area contributed by atoms with Gasteiger partial charge in [-0.25, -0.2) is 0 Å². The summed E-state index contributed by atoms with van der Waals surface area (Å²) < 4.78 is 2.11. The molecule has 0 bridgehead atoms. The topological polar surface area (TPSA) is 26.0 Å². The molecular weight excluding hydrogens is 354 g/mol. The minimum Gasteiger partial charge on any atom is -0.324 e. The van der Waals surface area contributed by atoms with Gasteiger partial charge in [0.25, 0.3) is 0 Å². The summed E-state index contributed by atoms with van der Waals surface area (Å²) in [4.78, 5) is 0. The van der Waals surface area contributed by atoms with Crippen LogP contribution in [0.2, 0.25) is 0 Å². The molecule has 2 N–H and O–H groups in total. The van der Waals surface area contributed by atoms with Crippen molar-refractivity contribution in [3.05, 3.63) is 68.1 Å². The molecule has 2 aromatic rings. The van der Waals surface area contributed by atoms with E-state index in [2.05, 4.69) is 69.1 Å². The first kappa shape index (κ1) is 13.8. The molecule has 0 aliphatic heterocycles. The van der Waals surface area contributed by atoms with Gasteiger partial charge in [0.05, 0.1) is 0 Å². The summed E-state index contributed by atoms with van der Waals surface area (Å²) in [5.41, 5.74) is 9.97. The van der Waals surface area contributed by atoms with Crippen LogP contribution >= 0.6 is 31.9 Å². The molecule has 0 aliphatic rings. The molecule has 0 heterocycles. The van der Waals surface area contributed by atoms with Gasteiger partial charge in [-0.2, -0.15) is 0 Å². The van der Waals surface area contributed by atoms with E-state index < -0.39 is 0 Å². The third-order valence-corrected chi connectivity index (χ3v) is 4.08. The van der Waals surface area contributed by atoms with E-state index in [1.54, 1.807) is 0 Å². The molecule has 2 aromatic carbocycles. The van der Waals surface area contributed by atoms with E-state index in [0.29, 0.717) is 0 Å². The van der Waals surface area contributed by atoms with E-state index in [0.717, 1.165) is 20.9 Å². The molecule has 0 aromatic heterocycles. The van der Waals surface area contributed by atoms with Crippen molar-refractivity contribution in [3.8, 4) is 0 Å². The summed E-state index contributed by atoms with van der Waals surface area (Å²) in [5.74, 6) is 0. The normalized spacial score (nSPS) is 12.4. The molecule has 0 fully saturated rings. The molecule has 1 nitrogen and oxygen atoms in total. The number of benzene rings is 2. The van der Waals surface area contributed by atoms with E-state index in [-0.39, 0.29) is 6.04 Å². The van der Waals surface area contributed by atoms with Crippen LogP contribution in [0, 0.1) is 6.92 Å². The average molecular weight is 369 g/mol. The Bertz CT molecular complexity index is 552. The van der Waals surface area contributed by atoms with Crippen LogP contribution in [0.5, 0.6) is 0 Å². The molecule has 18 heavy (non-hydrogen) atoms. The molecular formula is C15H15Br2N. The molecule has 94 valence electrons. The van der Waals surface area contributed by atoms with Crippen molar-refractivity contribution in [2.45, 2.75) is 19.4 Å². The van der Waals surface area contributed by atoms with Gasteiger partial charge >= 0.3 is 0 Å². The lowest BCUT2D eigenvalue weighted by Gasteiger charge is -2.14. The summed E-state index contributed by atoms with van der Waals surface area (Å²) in [6.45, 7) is 2.10. The molecule has 1 unspecified atom stereocenters. The number of halogens is 2. The summed E-state index contributed by atoms with van der Waals surface area (Å²) in [7, 11) is 0.